The molecule has 0 aromatic rings. The first-order valence-electron chi connectivity index (χ1n) is 13.1. The molecule has 0 bridgehead atoms. The zero-order valence-corrected chi connectivity index (χ0v) is 22.4. The van der Waals surface area contributed by atoms with Gasteiger partial charge in [0.15, 0.2) is 0 Å². The lowest BCUT2D eigenvalue weighted by molar-refractivity contribution is -0.136. The minimum atomic E-state index is 0.0416. The summed E-state index contributed by atoms with van der Waals surface area (Å²) >= 11 is 0. The van der Waals surface area contributed by atoms with Gasteiger partial charge in [-0.15, -0.1) is 0 Å². The SMILES string of the molecule is C=C(/C=C\C(=C/C)N1CCN(C(=O)COC)CC1)C1CC2C(=NC=CN2C)C(=NC[C@@H]2CNCCO2)N1. The summed E-state index contributed by atoms with van der Waals surface area (Å²) in [5.74, 6) is 0.870. The van der Waals surface area contributed by atoms with Gasteiger partial charge in [-0.2, -0.15) is 0 Å². The van der Waals surface area contributed by atoms with Crippen molar-refractivity contribution in [2.45, 2.75) is 31.5 Å². The monoisotopic (exact) mass is 511 g/mol. The van der Waals surface area contributed by atoms with Gasteiger partial charge in [-0.1, -0.05) is 18.7 Å². The highest BCUT2D eigenvalue weighted by molar-refractivity contribution is 6.44. The van der Waals surface area contributed by atoms with Crippen LogP contribution in [0.15, 0.2) is 58.5 Å². The zero-order chi connectivity index (χ0) is 26.2. The van der Waals surface area contributed by atoms with E-state index in [0.29, 0.717) is 26.2 Å². The predicted molar refractivity (Wildman–Crippen MR) is 147 cm³/mol. The summed E-state index contributed by atoms with van der Waals surface area (Å²) in [6.07, 6.45) is 11.1. The summed E-state index contributed by atoms with van der Waals surface area (Å²) in [5, 5.41) is 6.97. The van der Waals surface area contributed by atoms with Crippen molar-refractivity contribution in [1.29, 1.82) is 0 Å². The van der Waals surface area contributed by atoms with E-state index in [-0.39, 0.29) is 30.7 Å². The number of aliphatic imine (C=N–C) groups is 2. The molecule has 2 N–H and O–H groups in total. The lowest BCUT2D eigenvalue weighted by Crippen LogP contribution is -2.57. The lowest BCUT2D eigenvalue weighted by Gasteiger charge is -2.39. The molecule has 10 nitrogen and oxygen atoms in total. The number of piperazine rings is 1. The Kier molecular flexibility index (Phi) is 9.54. The zero-order valence-electron chi connectivity index (χ0n) is 22.4. The second-order valence-corrected chi connectivity index (χ2v) is 9.74. The van der Waals surface area contributed by atoms with Gasteiger partial charge in [0.2, 0.25) is 5.91 Å². The Morgan fingerprint density at radius 2 is 2.08 bits per heavy atom. The molecule has 37 heavy (non-hydrogen) atoms. The van der Waals surface area contributed by atoms with Crippen LogP contribution >= 0.6 is 0 Å². The average molecular weight is 512 g/mol. The van der Waals surface area contributed by atoms with Gasteiger partial charge in [0.25, 0.3) is 0 Å². The number of hydrogen-bond acceptors (Lipinski definition) is 8. The van der Waals surface area contributed by atoms with Gasteiger partial charge in [-0.3, -0.25) is 14.8 Å². The summed E-state index contributed by atoms with van der Waals surface area (Å²) in [4.78, 5) is 28.1. The second-order valence-electron chi connectivity index (χ2n) is 9.74. The van der Waals surface area contributed by atoms with Crippen LogP contribution in [0.5, 0.6) is 0 Å². The number of allylic oxidation sites excluding steroid dienone is 2. The first-order valence-corrected chi connectivity index (χ1v) is 13.1. The molecule has 10 heteroatoms. The van der Waals surface area contributed by atoms with Crippen molar-refractivity contribution in [3.8, 4) is 0 Å². The third kappa shape index (κ3) is 6.88. The van der Waals surface area contributed by atoms with Gasteiger partial charge >= 0.3 is 0 Å². The van der Waals surface area contributed by atoms with Crippen LogP contribution in [-0.4, -0.2) is 124 Å². The maximum absolute atomic E-state index is 12.1. The number of morpholine rings is 1. The molecule has 3 atom stereocenters. The number of fused-ring (bicyclic) bond motifs is 1. The molecule has 3 fully saturated rings. The Morgan fingerprint density at radius 3 is 2.78 bits per heavy atom. The van der Waals surface area contributed by atoms with Crippen LogP contribution in [0.2, 0.25) is 0 Å². The van der Waals surface area contributed by atoms with Crippen LogP contribution < -0.4 is 10.6 Å². The molecule has 4 rings (SSSR count). The number of carbonyl (C=O) groups is 1. The number of rotatable bonds is 8. The lowest BCUT2D eigenvalue weighted by atomic mass is 9.90. The smallest absolute Gasteiger partial charge is 0.248 e. The summed E-state index contributed by atoms with van der Waals surface area (Å²) in [6, 6.07) is 0.185. The number of methoxy groups -OCH3 is 1. The standard InChI is InChI=1S/C27H41N7O3/c1-5-21(33-11-13-34(14-12-33)25(35)19-36-4)7-6-20(2)23-16-24-26(29-8-10-32(24)3)27(31-23)30-18-22-17-28-9-15-37-22/h5-8,10,22-24,28H,2,9,11-19H2,1,3-4H3,(H,30,31)/b7-6-,21-5+/t22-,23?,24?/m0/s1. The van der Waals surface area contributed by atoms with Crippen LogP contribution in [0, 0.1) is 0 Å². The summed E-state index contributed by atoms with van der Waals surface area (Å²) in [5.41, 5.74) is 3.10. The fourth-order valence-corrected chi connectivity index (χ4v) is 5.04. The number of nitrogens with zero attached hydrogens (tertiary/aromatic N) is 5. The third-order valence-corrected chi connectivity index (χ3v) is 7.27. The maximum Gasteiger partial charge on any atom is 0.248 e. The molecule has 0 saturated carbocycles. The number of ether oxygens (including phenoxy) is 2. The minimum Gasteiger partial charge on any atom is -0.375 e. The number of carbonyl (C=O) groups excluding carboxylic acids is 1. The van der Waals surface area contributed by atoms with E-state index in [2.05, 4.69) is 57.3 Å². The molecule has 4 aliphatic rings. The molecular weight excluding hydrogens is 470 g/mol. The van der Waals surface area contributed by atoms with Crippen molar-refractivity contribution >= 4 is 17.5 Å². The van der Waals surface area contributed by atoms with Crippen LogP contribution in [0.1, 0.15) is 13.3 Å². The summed E-state index contributed by atoms with van der Waals surface area (Å²) in [7, 11) is 3.64. The van der Waals surface area contributed by atoms with Crippen LogP contribution in [0.25, 0.3) is 0 Å². The Hall–Kier alpha value is -2.95. The molecule has 0 aromatic carbocycles. The van der Waals surface area contributed by atoms with E-state index in [0.717, 1.165) is 55.4 Å². The topological polar surface area (TPSA) is 94.0 Å². The molecule has 2 unspecified atom stereocenters. The number of piperidine rings is 1. The highest BCUT2D eigenvalue weighted by atomic mass is 16.5. The van der Waals surface area contributed by atoms with Crippen LogP contribution in [-0.2, 0) is 14.3 Å². The van der Waals surface area contributed by atoms with E-state index in [1.165, 1.54) is 0 Å². The van der Waals surface area contributed by atoms with Gasteiger partial charge in [0.1, 0.15) is 18.2 Å². The minimum absolute atomic E-state index is 0.0416. The van der Waals surface area contributed by atoms with Gasteiger partial charge in [0.05, 0.1) is 31.3 Å². The van der Waals surface area contributed by atoms with E-state index in [1.54, 1.807) is 7.11 Å². The largest absolute Gasteiger partial charge is 0.375 e. The maximum atomic E-state index is 12.1. The van der Waals surface area contributed by atoms with Gasteiger partial charge in [0, 0.05) is 71.5 Å². The molecule has 4 heterocycles. The Morgan fingerprint density at radius 1 is 1.30 bits per heavy atom. The predicted octanol–water partition coefficient (Wildman–Crippen LogP) is 0.768. The molecule has 4 aliphatic heterocycles. The molecule has 202 valence electrons. The number of amides is 1. The first kappa shape index (κ1) is 27.1. The van der Waals surface area contributed by atoms with Crippen LogP contribution in [0.3, 0.4) is 0 Å². The molecule has 0 spiro atoms. The molecule has 1 amide bonds. The van der Waals surface area contributed by atoms with Gasteiger partial charge < -0.3 is 34.8 Å². The molecule has 0 aromatic heterocycles. The summed E-state index contributed by atoms with van der Waals surface area (Å²) in [6.45, 7) is 12.6. The molecular formula is C27H41N7O3. The van der Waals surface area contributed by atoms with Crippen molar-refractivity contribution in [2.75, 3.05) is 73.2 Å². The van der Waals surface area contributed by atoms with Gasteiger partial charge in [-0.05, 0) is 25.0 Å². The fraction of sp³-hybridized carbons (Fsp3) is 0.593. The number of nitrogens with one attached hydrogen (secondary N) is 2. The van der Waals surface area contributed by atoms with Gasteiger partial charge in [-0.25, -0.2) is 0 Å². The normalized spacial score (nSPS) is 27.8. The van der Waals surface area contributed by atoms with E-state index < -0.39 is 0 Å². The van der Waals surface area contributed by atoms with Crippen molar-refractivity contribution in [2.24, 2.45) is 9.98 Å². The van der Waals surface area contributed by atoms with E-state index in [1.807, 2.05) is 24.2 Å². The Balaban J connectivity index is 1.39. The van der Waals surface area contributed by atoms with Crippen molar-refractivity contribution in [3.63, 3.8) is 0 Å². The highest BCUT2D eigenvalue weighted by Gasteiger charge is 2.35. The molecule has 0 radical (unpaired) electrons. The average Bonchev–Trinajstić information content (AvgIpc) is 2.93. The highest BCUT2D eigenvalue weighted by Crippen LogP contribution is 2.23. The van der Waals surface area contributed by atoms with Crippen molar-refractivity contribution < 1.29 is 14.3 Å². The van der Waals surface area contributed by atoms with Crippen LogP contribution in [0.4, 0.5) is 0 Å². The molecule has 0 aliphatic carbocycles. The van der Waals surface area contributed by atoms with E-state index in [4.69, 9.17) is 14.5 Å². The van der Waals surface area contributed by atoms with Crippen molar-refractivity contribution in [3.05, 3.63) is 48.5 Å². The number of amidine groups is 1. The quantitative estimate of drug-likeness (QED) is 0.465. The summed E-state index contributed by atoms with van der Waals surface area (Å²) < 4.78 is 10.8. The number of hydrogen-bond donors (Lipinski definition) is 2. The first-order chi connectivity index (χ1) is 18.0. The Bertz CT molecular complexity index is 972. The fourth-order valence-electron chi connectivity index (χ4n) is 5.04. The Labute approximate surface area is 220 Å². The van der Waals surface area contributed by atoms with E-state index >= 15 is 0 Å². The second kappa shape index (κ2) is 13.0. The van der Waals surface area contributed by atoms with E-state index in [9.17, 15) is 4.79 Å². The molecule has 3 saturated heterocycles. The van der Waals surface area contributed by atoms with Crippen molar-refractivity contribution in [1.82, 2.24) is 25.3 Å². The third-order valence-electron chi connectivity index (χ3n) is 7.27.